The van der Waals surface area contributed by atoms with Gasteiger partial charge >= 0.3 is 0 Å². The average Bonchev–Trinajstić information content (AvgIpc) is 3.22. The molecule has 6 heteroatoms. The SMILES string of the molecule is COc1ccc(/C(=C\C(=C2\C(=O)N(C(C)=O)c3ccccc32)c2ccccc2)N2CCOCC2)cc1. The number of carbonyl (C=O) groups is 2. The van der Waals surface area contributed by atoms with Gasteiger partial charge in [0.15, 0.2) is 0 Å². The number of nitrogens with zero attached hydrogens (tertiary/aromatic N) is 2. The summed E-state index contributed by atoms with van der Waals surface area (Å²) >= 11 is 0. The van der Waals surface area contributed by atoms with Crippen LogP contribution in [0.4, 0.5) is 5.69 Å². The summed E-state index contributed by atoms with van der Waals surface area (Å²) in [6, 6.07) is 25.3. The van der Waals surface area contributed by atoms with Crippen LogP contribution in [-0.2, 0) is 14.3 Å². The number of amides is 2. The minimum absolute atomic E-state index is 0.303. The molecule has 0 radical (unpaired) electrons. The fourth-order valence-electron chi connectivity index (χ4n) is 4.77. The van der Waals surface area contributed by atoms with Crippen LogP contribution in [0.1, 0.15) is 23.6 Å². The van der Waals surface area contributed by atoms with Gasteiger partial charge in [-0.3, -0.25) is 9.59 Å². The van der Waals surface area contributed by atoms with Gasteiger partial charge in [-0.15, -0.1) is 0 Å². The number of rotatable bonds is 5. The molecule has 0 bridgehead atoms. The molecule has 6 nitrogen and oxygen atoms in total. The standard InChI is InChI=1S/C30H28N2O4/c1-21(33)32-27-11-7-6-10-25(27)29(30(32)34)26(22-8-4-3-5-9-22)20-28(31-16-18-36-19-17-31)23-12-14-24(35-2)15-13-23/h3-15,20H,16-19H2,1-2H3/b28-20+,29-26-. The quantitative estimate of drug-likeness (QED) is 0.488. The van der Waals surface area contributed by atoms with Crippen molar-refractivity contribution in [3.63, 3.8) is 0 Å². The highest BCUT2D eigenvalue weighted by atomic mass is 16.5. The number of benzene rings is 3. The Hall–Kier alpha value is -4.16. The second-order valence-corrected chi connectivity index (χ2v) is 8.69. The van der Waals surface area contributed by atoms with Crippen molar-refractivity contribution in [2.75, 3.05) is 38.3 Å². The fourth-order valence-corrected chi connectivity index (χ4v) is 4.77. The van der Waals surface area contributed by atoms with Crippen LogP contribution in [0.15, 0.2) is 84.9 Å². The normalized spacial score (nSPS) is 17.2. The van der Waals surface area contributed by atoms with Gasteiger partial charge in [0.2, 0.25) is 5.91 Å². The highest BCUT2D eigenvalue weighted by Crippen LogP contribution is 2.42. The highest BCUT2D eigenvalue weighted by molar-refractivity contribution is 6.44. The number of allylic oxidation sites excluding steroid dienone is 2. The van der Waals surface area contributed by atoms with Crippen LogP contribution in [0.3, 0.4) is 0 Å². The van der Waals surface area contributed by atoms with Crippen molar-refractivity contribution in [3.8, 4) is 5.75 Å². The summed E-state index contributed by atoms with van der Waals surface area (Å²) in [6.45, 7) is 4.15. The van der Waals surface area contributed by atoms with E-state index in [4.69, 9.17) is 9.47 Å². The first-order valence-corrected chi connectivity index (χ1v) is 12.0. The van der Waals surface area contributed by atoms with E-state index in [9.17, 15) is 9.59 Å². The number of anilines is 1. The van der Waals surface area contributed by atoms with Crippen LogP contribution < -0.4 is 9.64 Å². The molecule has 0 N–H and O–H groups in total. The Morgan fingerprint density at radius 2 is 1.56 bits per heavy atom. The van der Waals surface area contributed by atoms with E-state index in [2.05, 4.69) is 11.0 Å². The van der Waals surface area contributed by atoms with E-state index in [1.54, 1.807) is 7.11 Å². The van der Waals surface area contributed by atoms with Crippen molar-refractivity contribution in [1.29, 1.82) is 0 Å². The van der Waals surface area contributed by atoms with Gasteiger partial charge in [0.25, 0.3) is 5.91 Å². The lowest BCUT2D eigenvalue weighted by molar-refractivity contribution is -0.122. The molecule has 3 aromatic rings. The molecule has 1 saturated heterocycles. The van der Waals surface area contributed by atoms with Gasteiger partial charge < -0.3 is 14.4 Å². The van der Waals surface area contributed by atoms with Crippen LogP contribution >= 0.6 is 0 Å². The molecule has 0 saturated carbocycles. The van der Waals surface area contributed by atoms with Crippen LogP contribution in [-0.4, -0.2) is 50.1 Å². The molecule has 2 aliphatic rings. The summed E-state index contributed by atoms with van der Waals surface area (Å²) < 4.78 is 11.0. The zero-order valence-corrected chi connectivity index (χ0v) is 20.4. The monoisotopic (exact) mass is 480 g/mol. The average molecular weight is 481 g/mol. The maximum absolute atomic E-state index is 13.8. The van der Waals surface area contributed by atoms with Gasteiger partial charge in [-0.25, -0.2) is 4.90 Å². The predicted octanol–water partition coefficient (Wildman–Crippen LogP) is 4.87. The molecule has 5 rings (SSSR count). The van der Waals surface area contributed by atoms with Crippen LogP contribution in [0.25, 0.3) is 16.8 Å². The third kappa shape index (κ3) is 4.43. The van der Waals surface area contributed by atoms with Crippen molar-refractivity contribution < 1.29 is 19.1 Å². The van der Waals surface area contributed by atoms with Gasteiger partial charge in [0.05, 0.1) is 31.6 Å². The number of hydrogen-bond donors (Lipinski definition) is 0. The summed E-state index contributed by atoms with van der Waals surface area (Å²) in [5.74, 6) is 0.163. The van der Waals surface area contributed by atoms with E-state index in [1.165, 1.54) is 11.8 Å². The zero-order chi connectivity index (χ0) is 25.1. The summed E-state index contributed by atoms with van der Waals surface area (Å²) in [5, 5.41) is 0. The van der Waals surface area contributed by atoms with E-state index >= 15 is 0 Å². The van der Waals surface area contributed by atoms with E-state index in [-0.39, 0.29) is 11.8 Å². The summed E-state index contributed by atoms with van der Waals surface area (Å²) in [4.78, 5) is 29.8. The maximum atomic E-state index is 13.8. The first-order valence-electron chi connectivity index (χ1n) is 12.0. The zero-order valence-electron chi connectivity index (χ0n) is 20.4. The third-order valence-electron chi connectivity index (χ3n) is 6.52. The fraction of sp³-hybridized carbons (Fsp3) is 0.200. The molecule has 2 amide bonds. The third-order valence-corrected chi connectivity index (χ3v) is 6.52. The van der Waals surface area contributed by atoms with Gasteiger partial charge in [-0.2, -0.15) is 0 Å². The van der Waals surface area contributed by atoms with Crippen molar-refractivity contribution in [2.45, 2.75) is 6.92 Å². The number of morpholine rings is 1. The lowest BCUT2D eigenvalue weighted by Gasteiger charge is -2.32. The molecule has 0 spiro atoms. The van der Waals surface area contributed by atoms with Crippen molar-refractivity contribution >= 4 is 34.3 Å². The van der Waals surface area contributed by atoms with Gasteiger partial charge in [0, 0.05) is 31.3 Å². The summed E-state index contributed by atoms with van der Waals surface area (Å²) in [7, 11) is 1.65. The first kappa shape index (κ1) is 23.6. The number of methoxy groups -OCH3 is 1. The lowest BCUT2D eigenvalue weighted by atomic mass is 9.93. The molecule has 0 unspecified atom stereocenters. The minimum Gasteiger partial charge on any atom is -0.497 e. The largest absolute Gasteiger partial charge is 0.497 e. The molecule has 0 atom stereocenters. The number of carbonyl (C=O) groups excluding carboxylic acids is 2. The van der Waals surface area contributed by atoms with Gasteiger partial charge in [-0.1, -0.05) is 48.5 Å². The van der Waals surface area contributed by atoms with E-state index in [1.807, 2.05) is 78.9 Å². The highest BCUT2D eigenvalue weighted by Gasteiger charge is 2.37. The van der Waals surface area contributed by atoms with Crippen LogP contribution in [0, 0.1) is 0 Å². The Bertz CT molecular complexity index is 1340. The molecule has 0 aliphatic carbocycles. The molecular formula is C30H28N2O4. The Morgan fingerprint density at radius 1 is 0.889 bits per heavy atom. The second-order valence-electron chi connectivity index (χ2n) is 8.69. The van der Waals surface area contributed by atoms with E-state index in [0.717, 1.165) is 46.8 Å². The van der Waals surface area contributed by atoms with E-state index in [0.29, 0.717) is 24.5 Å². The van der Waals surface area contributed by atoms with Crippen molar-refractivity contribution in [3.05, 3.63) is 102 Å². The van der Waals surface area contributed by atoms with Gasteiger partial charge in [-0.05, 0) is 53.1 Å². The minimum atomic E-state index is -0.310. The molecular weight excluding hydrogens is 452 g/mol. The molecule has 1 fully saturated rings. The molecule has 2 heterocycles. The molecule has 0 aromatic heterocycles. The molecule has 2 aliphatic heterocycles. The smallest absolute Gasteiger partial charge is 0.266 e. The van der Waals surface area contributed by atoms with Crippen LogP contribution in [0.5, 0.6) is 5.75 Å². The predicted molar refractivity (Wildman–Crippen MR) is 141 cm³/mol. The lowest BCUT2D eigenvalue weighted by Crippen LogP contribution is -2.35. The van der Waals surface area contributed by atoms with E-state index < -0.39 is 0 Å². The number of hydrogen-bond acceptors (Lipinski definition) is 5. The molecule has 3 aromatic carbocycles. The summed E-state index contributed by atoms with van der Waals surface area (Å²) in [6.07, 6.45) is 2.08. The van der Waals surface area contributed by atoms with Crippen LogP contribution in [0.2, 0.25) is 0 Å². The molecule has 36 heavy (non-hydrogen) atoms. The first-order chi connectivity index (χ1) is 17.6. The maximum Gasteiger partial charge on any atom is 0.266 e. The topological polar surface area (TPSA) is 59.1 Å². The number of ether oxygens (including phenoxy) is 2. The number of imide groups is 1. The van der Waals surface area contributed by atoms with Crippen molar-refractivity contribution in [2.24, 2.45) is 0 Å². The van der Waals surface area contributed by atoms with Crippen molar-refractivity contribution in [1.82, 2.24) is 4.90 Å². The summed E-state index contributed by atoms with van der Waals surface area (Å²) in [5.41, 5.74) is 5.56. The number of fused-ring (bicyclic) bond motifs is 1. The molecule has 182 valence electrons. The Labute approximate surface area is 211 Å². The Balaban J connectivity index is 1.77. The Kier molecular flexibility index (Phi) is 6.69. The second kappa shape index (κ2) is 10.2. The Morgan fingerprint density at radius 3 is 2.22 bits per heavy atom. The van der Waals surface area contributed by atoms with Gasteiger partial charge in [0.1, 0.15) is 5.75 Å². The number of para-hydroxylation sites is 1.